The topological polar surface area (TPSA) is 21.7 Å². The van der Waals surface area contributed by atoms with Crippen molar-refractivity contribution in [2.45, 2.75) is 26.1 Å². The minimum Gasteiger partial charge on any atom is -0.350 e. The second kappa shape index (κ2) is 5.65. The van der Waals surface area contributed by atoms with E-state index in [9.17, 15) is 0 Å². The number of hydrogen-bond acceptors (Lipinski definition) is 3. The molecule has 0 N–H and O–H groups in total. The summed E-state index contributed by atoms with van der Waals surface area (Å²) in [5, 5.41) is 0. The van der Waals surface area contributed by atoms with Crippen LogP contribution >= 0.6 is 15.9 Å². The summed E-state index contributed by atoms with van der Waals surface area (Å²) in [5.74, 6) is 0. The Balaban J connectivity index is 1.78. The standard InChI is InChI=1S/C15H18BrNO2/c1-11-13(16)10-12-4-2-3-5-14(12)17(11)7-6-15-18-8-9-19-15/h2-5,15H,6-10H2,1H3. The number of para-hydroxylation sites is 1. The van der Waals surface area contributed by atoms with Crippen LogP contribution in [0.2, 0.25) is 0 Å². The fourth-order valence-electron chi connectivity index (χ4n) is 2.64. The van der Waals surface area contributed by atoms with Gasteiger partial charge in [0.15, 0.2) is 6.29 Å². The van der Waals surface area contributed by atoms with E-state index in [1.54, 1.807) is 0 Å². The van der Waals surface area contributed by atoms with Gasteiger partial charge in [0.25, 0.3) is 0 Å². The molecule has 2 heterocycles. The van der Waals surface area contributed by atoms with Crippen molar-refractivity contribution in [1.29, 1.82) is 0 Å². The third-order valence-corrected chi connectivity index (χ3v) is 4.56. The van der Waals surface area contributed by atoms with Crippen LogP contribution in [0.1, 0.15) is 18.9 Å². The van der Waals surface area contributed by atoms with Crippen LogP contribution in [-0.2, 0) is 15.9 Å². The van der Waals surface area contributed by atoms with E-state index in [-0.39, 0.29) is 6.29 Å². The highest BCUT2D eigenvalue weighted by Crippen LogP contribution is 2.35. The number of rotatable bonds is 3. The van der Waals surface area contributed by atoms with Crippen LogP contribution < -0.4 is 4.90 Å². The molecule has 1 aromatic carbocycles. The molecule has 1 saturated heterocycles. The van der Waals surface area contributed by atoms with Gasteiger partial charge in [0.05, 0.1) is 13.2 Å². The minimum absolute atomic E-state index is 0.0411. The molecule has 4 heteroatoms. The van der Waals surface area contributed by atoms with Crippen LogP contribution in [0.25, 0.3) is 0 Å². The van der Waals surface area contributed by atoms with Gasteiger partial charge in [-0.1, -0.05) is 34.1 Å². The molecule has 1 fully saturated rings. The summed E-state index contributed by atoms with van der Waals surface area (Å²) in [7, 11) is 0. The van der Waals surface area contributed by atoms with Gasteiger partial charge in [-0.3, -0.25) is 0 Å². The zero-order valence-electron chi connectivity index (χ0n) is 11.1. The van der Waals surface area contributed by atoms with E-state index >= 15 is 0 Å². The molecule has 0 saturated carbocycles. The van der Waals surface area contributed by atoms with Gasteiger partial charge >= 0.3 is 0 Å². The normalized spacial score (nSPS) is 20.0. The van der Waals surface area contributed by atoms with Crippen molar-refractivity contribution in [3.8, 4) is 0 Å². The summed E-state index contributed by atoms with van der Waals surface area (Å²) in [6, 6.07) is 8.58. The first kappa shape index (κ1) is 13.2. The molecular formula is C15H18BrNO2. The number of ether oxygens (including phenoxy) is 2. The second-order valence-corrected chi connectivity index (χ2v) is 5.86. The number of allylic oxidation sites excluding steroid dienone is 2. The number of hydrogen-bond donors (Lipinski definition) is 0. The zero-order valence-corrected chi connectivity index (χ0v) is 12.6. The lowest BCUT2D eigenvalue weighted by molar-refractivity contribution is -0.0447. The third-order valence-electron chi connectivity index (χ3n) is 3.70. The predicted octanol–water partition coefficient (Wildman–Crippen LogP) is 3.44. The molecule has 0 aliphatic carbocycles. The maximum Gasteiger partial charge on any atom is 0.159 e. The molecule has 0 unspecified atom stereocenters. The van der Waals surface area contributed by atoms with E-state index < -0.39 is 0 Å². The summed E-state index contributed by atoms with van der Waals surface area (Å²) in [5.41, 5.74) is 3.96. The van der Waals surface area contributed by atoms with Gasteiger partial charge in [0.2, 0.25) is 0 Å². The van der Waals surface area contributed by atoms with Crippen molar-refractivity contribution in [2.24, 2.45) is 0 Å². The summed E-state index contributed by atoms with van der Waals surface area (Å²) in [6.07, 6.45) is 1.83. The van der Waals surface area contributed by atoms with Crippen molar-refractivity contribution in [3.05, 3.63) is 40.0 Å². The van der Waals surface area contributed by atoms with E-state index in [1.165, 1.54) is 21.4 Å². The number of halogens is 1. The van der Waals surface area contributed by atoms with Crippen LogP contribution in [0.5, 0.6) is 0 Å². The van der Waals surface area contributed by atoms with Crippen LogP contribution in [0.3, 0.4) is 0 Å². The third kappa shape index (κ3) is 2.71. The number of anilines is 1. The van der Waals surface area contributed by atoms with E-state index in [2.05, 4.69) is 52.0 Å². The van der Waals surface area contributed by atoms with Gasteiger partial charge < -0.3 is 14.4 Å². The van der Waals surface area contributed by atoms with Crippen LogP contribution in [0.15, 0.2) is 34.4 Å². The van der Waals surface area contributed by atoms with Gasteiger partial charge in [-0.15, -0.1) is 0 Å². The van der Waals surface area contributed by atoms with Gasteiger partial charge in [-0.25, -0.2) is 0 Å². The molecule has 2 aliphatic rings. The molecule has 3 nitrogen and oxygen atoms in total. The smallest absolute Gasteiger partial charge is 0.159 e. The molecule has 2 aliphatic heterocycles. The predicted molar refractivity (Wildman–Crippen MR) is 79.4 cm³/mol. The van der Waals surface area contributed by atoms with E-state index in [1.807, 2.05) is 0 Å². The molecule has 3 rings (SSSR count). The molecule has 0 radical (unpaired) electrons. The lowest BCUT2D eigenvalue weighted by atomic mass is 10.0. The Morgan fingerprint density at radius 1 is 1.26 bits per heavy atom. The Kier molecular flexibility index (Phi) is 3.91. The SMILES string of the molecule is CC1=C(Br)Cc2ccccc2N1CCC1OCCO1. The molecule has 0 aromatic heterocycles. The van der Waals surface area contributed by atoms with Gasteiger partial charge in [0, 0.05) is 35.3 Å². The van der Waals surface area contributed by atoms with Crippen LogP contribution in [0.4, 0.5) is 5.69 Å². The lowest BCUT2D eigenvalue weighted by Crippen LogP contribution is -2.29. The van der Waals surface area contributed by atoms with Gasteiger partial charge in [0.1, 0.15) is 0 Å². The Hall–Kier alpha value is -0.840. The van der Waals surface area contributed by atoms with Gasteiger partial charge in [-0.05, 0) is 18.6 Å². The molecule has 0 bridgehead atoms. The molecule has 19 heavy (non-hydrogen) atoms. The number of benzene rings is 1. The lowest BCUT2D eigenvalue weighted by Gasteiger charge is -2.33. The van der Waals surface area contributed by atoms with Crippen molar-refractivity contribution < 1.29 is 9.47 Å². The monoisotopic (exact) mass is 323 g/mol. The largest absolute Gasteiger partial charge is 0.350 e. The molecule has 102 valence electrons. The molecule has 0 spiro atoms. The quantitative estimate of drug-likeness (QED) is 0.850. The fourth-order valence-corrected chi connectivity index (χ4v) is 3.16. The van der Waals surface area contributed by atoms with Crippen molar-refractivity contribution in [3.63, 3.8) is 0 Å². The summed E-state index contributed by atoms with van der Waals surface area (Å²) in [6.45, 7) is 4.53. The zero-order chi connectivity index (χ0) is 13.2. The Morgan fingerprint density at radius 2 is 2.00 bits per heavy atom. The Morgan fingerprint density at radius 3 is 2.79 bits per heavy atom. The summed E-state index contributed by atoms with van der Waals surface area (Å²) >= 11 is 3.69. The van der Waals surface area contributed by atoms with Crippen molar-refractivity contribution >= 4 is 21.6 Å². The highest BCUT2D eigenvalue weighted by molar-refractivity contribution is 9.11. The molecule has 0 amide bonds. The second-order valence-electron chi connectivity index (χ2n) is 4.91. The maximum absolute atomic E-state index is 5.52. The van der Waals surface area contributed by atoms with Crippen molar-refractivity contribution in [2.75, 3.05) is 24.7 Å². The van der Waals surface area contributed by atoms with Gasteiger partial charge in [-0.2, -0.15) is 0 Å². The first-order chi connectivity index (χ1) is 9.25. The minimum atomic E-state index is -0.0411. The average Bonchev–Trinajstić information content (AvgIpc) is 2.92. The van der Waals surface area contributed by atoms with E-state index in [0.29, 0.717) is 0 Å². The fraction of sp³-hybridized carbons (Fsp3) is 0.467. The molecule has 0 atom stereocenters. The van der Waals surface area contributed by atoms with Crippen LogP contribution in [-0.4, -0.2) is 26.0 Å². The Bertz CT molecular complexity index is 495. The summed E-state index contributed by atoms with van der Waals surface area (Å²) < 4.78 is 12.3. The Labute approximate surface area is 122 Å². The number of fused-ring (bicyclic) bond motifs is 1. The van der Waals surface area contributed by atoms with E-state index in [4.69, 9.17) is 9.47 Å². The highest BCUT2D eigenvalue weighted by atomic mass is 79.9. The number of nitrogens with zero attached hydrogens (tertiary/aromatic N) is 1. The average molecular weight is 324 g/mol. The van der Waals surface area contributed by atoms with Crippen molar-refractivity contribution in [1.82, 2.24) is 0 Å². The first-order valence-corrected chi connectivity index (χ1v) is 7.49. The molecule has 1 aromatic rings. The highest BCUT2D eigenvalue weighted by Gasteiger charge is 2.23. The first-order valence-electron chi connectivity index (χ1n) is 6.69. The van der Waals surface area contributed by atoms with Crippen LogP contribution in [0, 0.1) is 0 Å². The molecular weight excluding hydrogens is 306 g/mol. The van der Waals surface area contributed by atoms with E-state index in [0.717, 1.165) is 32.6 Å². The maximum atomic E-state index is 5.52. The summed E-state index contributed by atoms with van der Waals surface area (Å²) in [4.78, 5) is 2.36.